The maximum absolute atomic E-state index is 14.2. The van der Waals surface area contributed by atoms with Gasteiger partial charge in [0.2, 0.25) is 11.8 Å². The zero-order chi connectivity index (χ0) is 30.6. The van der Waals surface area contributed by atoms with E-state index in [0.29, 0.717) is 28.8 Å². The molecule has 0 saturated heterocycles. The summed E-state index contributed by atoms with van der Waals surface area (Å²) in [6.07, 6.45) is 0.191. The van der Waals surface area contributed by atoms with E-state index >= 15 is 0 Å². The molecule has 0 aliphatic heterocycles. The number of ether oxygens (including phenoxy) is 1. The third-order valence-electron chi connectivity index (χ3n) is 8.32. The second-order valence-electron chi connectivity index (χ2n) is 11.7. The van der Waals surface area contributed by atoms with E-state index in [9.17, 15) is 22.8 Å². The third-order valence-corrected chi connectivity index (χ3v) is 8.72. The van der Waals surface area contributed by atoms with Gasteiger partial charge in [0.1, 0.15) is 17.7 Å². The van der Waals surface area contributed by atoms with Crippen LogP contribution in [0.5, 0.6) is 0 Å². The number of nitrogens with zero attached hydrogens (tertiary/aromatic N) is 1. The van der Waals surface area contributed by atoms with E-state index in [2.05, 4.69) is 15.6 Å². The lowest BCUT2D eigenvalue weighted by molar-refractivity contribution is -0.135. The molecule has 1 fully saturated rings. The Kier molecular flexibility index (Phi) is 10.2. The van der Waals surface area contributed by atoms with Gasteiger partial charge in [0.05, 0.1) is 34.6 Å². The molecule has 2 aromatic carbocycles. The van der Waals surface area contributed by atoms with E-state index in [1.54, 1.807) is 19.1 Å². The molecule has 7 nitrogen and oxygen atoms in total. The van der Waals surface area contributed by atoms with Gasteiger partial charge in [0, 0.05) is 13.5 Å². The highest BCUT2D eigenvalue weighted by Crippen LogP contribution is 2.35. The summed E-state index contributed by atoms with van der Waals surface area (Å²) in [6.45, 7) is 5.07. The number of nitrogens with one attached hydrogen (secondary N) is 3. The molecule has 0 spiro atoms. The first-order valence-corrected chi connectivity index (χ1v) is 14.6. The fourth-order valence-corrected chi connectivity index (χ4v) is 5.82. The standard InChI is InChI=1S/C31H38ClF3N4O3/c1-17(2)21(20-9-6-10-22(33)27(20)32)14-26-37-23-12-11-19(13-24(23)38-26)31(3,16-42-4)30(41)39-28(18-7-5-8-18)29(40)36-15-25(34)35/h6,9-13,17-18,21,25,28H,5,7-8,14-16H2,1-4H3,(H,36,40)(H,37,38)(H,39,41)/t21?,28-,31?/m1/s1. The minimum absolute atomic E-state index is 0.0227. The molecule has 1 aliphatic rings. The molecule has 4 rings (SSSR count). The predicted octanol–water partition coefficient (Wildman–Crippen LogP) is 5.91. The number of alkyl halides is 2. The van der Waals surface area contributed by atoms with Crippen molar-refractivity contribution in [3.63, 3.8) is 0 Å². The van der Waals surface area contributed by atoms with Crippen LogP contribution >= 0.6 is 11.6 Å². The lowest BCUT2D eigenvalue weighted by Gasteiger charge is -2.36. The first-order valence-electron chi connectivity index (χ1n) is 14.2. The molecule has 1 aliphatic carbocycles. The summed E-state index contributed by atoms with van der Waals surface area (Å²) in [6, 6.07) is 9.34. The molecule has 1 heterocycles. The van der Waals surface area contributed by atoms with Crippen molar-refractivity contribution in [1.82, 2.24) is 20.6 Å². The molecule has 0 radical (unpaired) electrons. The minimum atomic E-state index is -2.68. The Balaban J connectivity index is 1.59. The Morgan fingerprint density at radius 3 is 2.57 bits per heavy atom. The number of halogens is 4. The zero-order valence-corrected chi connectivity index (χ0v) is 25.0. The number of hydrogen-bond acceptors (Lipinski definition) is 4. The van der Waals surface area contributed by atoms with Crippen molar-refractivity contribution in [2.45, 2.75) is 70.3 Å². The van der Waals surface area contributed by atoms with Crippen molar-refractivity contribution >= 4 is 34.4 Å². The second kappa shape index (κ2) is 13.5. The number of aromatic nitrogens is 2. The predicted molar refractivity (Wildman–Crippen MR) is 156 cm³/mol. The number of carbonyl (C=O) groups excluding carboxylic acids is 2. The summed E-state index contributed by atoms with van der Waals surface area (Å²) in [5.74, 6) is -0.860. The molecule has 3 N–H and O–H groups in total. The highest BCUT2D eigenvalue weighted by atomic mass is 35.5. The number of carbonyl (C=O) groups is 2. The van der Waals surface area contributed by atoms with Crippen molar-refractivity contribution in [3.05, 3.63) is 64.2 Å². The van der Waals surface area contributed by atoms with Crippen LogP contribution in [0.25, 0.3) is 11.0 Å². The van der Waals surface area contributed by atoms with E-state index in [1.165, 1.54) is 13.2 Å². The van der Waals surface area contributed by atoms with Crippen LogP contribution in [-0.4, -0.2) is 54.5 Å². The van der Waals surface area contributed by atoms with Crippen LogP contribution in [0.4, 0.5) is 13.2 Å². The highest BCUT2D eigenvalue weighted by molar-refractivity contribution is 6.31. The van der Waals surface area contributed by atoms with Crippen LogP contribution in [0, 0.1) is 17.7 Å². The summed E-state index contributed by atoms with van der Waals surface area (Å²) >= 11 is 6.31. The molecule has 42 heavy (non-hydrogen) atoms. The topological polar surface area (TPSA) is 96.1 Å². The van der Waals surface area contributed by atoms with Gasteiger partial charge in [-0.3, -0.25) is 9.59 Å². The van der Waals surface area contributed by atoms with Crippen LogP contribution in [0.3, 0.4) is 0 Å². The van der Waals surface area contributed by atoms with Crippen LogP contribution in [0.2, 0.25) is 5.02 Å². The van der Waals surface area contributed by atoms with Crippen LogP contribution < -0.4 is 10.6 Å². The van der Waals surface area contributed by atoms with Gasteiger partial charge in [-0.2, -0.15) is 0 Å². The maximum atomic E-state index is 14.2. The van der Waals surface area contributed by atoms with Crippen molar-refractivity contribution in [2.75, 3.05) is 20.3 Å². The summed E-state index contributed by atoms with van der Waals surface area (Å²) in [4.78, 5) is 34.6. The van der Waals surface area contributed by atoms with Gasteiger partial charge < -0.3 is 20.4 Å². The zero-order valence-electron chi connectivity index (χ0n) is 24.3. The Hall–Kier alpha value is -3.11. The van der Waals surface area contributed by atoms with Gasteiger partial charge in [-0.1, -0.05) is 50.1 Å². The number of H-pyrrole nitrogens is 1. The van der Waals surface area contributed by atoms with E-state index in [0.717, 1.165) is 24.8 Å². The molecular formula is C31H38ClF3N4O3. The maximum Gasteiger partial charge on any atom is 0.255 e. The number of benzene rings is 2. The van der Waals surface area contributed by atoms with Crippen LogP contribution in [0.15, 0.2) is 36.4 Å². The normalized spacial score (nSPS) is 16.7. The molecule has 11 heteroatoms. The molecule has 1 saturated carbocycles. The summed E-state index contributed by atoms with van der Waals surface area (Å²) < 4.78 is 45.1. The van der Waals surface area contributed by atoms with Crippen LogP contribution in [0.1, 0.15) is 62.9 Å². The molecule has 3 aromatic rings. The van der Waals surface area contributed by atoms with Gasteiger partial charge in [0.15, 0.2) is 0 Å². The molecule has 1 aromatic heterocycles. The van der Waals surface area contributed by atoms with E-state index in [4.69, 9.17) is 21.3 Å². The smallest absolute Gasteiger partial charge is 0.255 e. The number of methoxy groups -OCH3 is 1. The molecule has 3 atom stereocenters. The molecule has 2 unspecified atom stereocenters. The Morgan fingerprint density at radius 2 is 1.95 bits per heavy atom. The lowest BCUT2D eigenvalue weighted by Crippen LogP contribution is -2.57. The fourth-order valence-electron chi connectivity index (χ4n) is 5.55. The van der Waals surface area contributed by atoms with Crippen molar-refractivity contribution in [3.8, 4) is 0 Å². The number of rotatable bonds is 13. The quantitative estimate of drug-likeness (QED) is 0.225. The van der Waals surface area contributed by atoms with E-state index in [-0.39, 0.29) is 29.4 Å². The average molecular weight is 607 g/mol. The molecule has 2 amide bonds. The molecule has 0 bridgehead atoms. The minimum Gasteiger partial charge on any atom is -0.383 e. The van der Waals surface area contributed by atoms with Crippen LogP contribution in [-0.2, 0) is 26.2 Å². The number of amides is 2. The van der Waals surface area contributed by atoms with Gasteiger partial charge in [-0.25, -0.2) is 18.2 Å². The van der Waals surface area contributed by atoms with Crippen molar-refractivity contribution < 1.29 is 27.5 Å². The van der Waals surface area contributed by atoms with Gasteiger partial charge >= 0.3 is 0 Å². The Bertz CT molecular complexity index is 1410. The summed E-state index contributed by atoms with van der Waals surface area (Å²) in [5, 5.41) is 5.20. The monoisotopic (exact) mass is 606 g/mol. The molecular weight excluding hydrogens is 569 g/mol. The summed E-state index contributed by atoms with van der Waals surface area (Å²) in [7, 11) is 1.49. The van der Waals surface area contributed by atoms with E-state index in [1.807, 2.05) is 32.0 Å². The van der Waals surface area contributed by atoms with Gasteiger partial charge in [-0.05, 0) is 66.8 Å². The molecule has 228 valence electrons. The number of aromatic amines is 1. The van der Waals surface area contributed by atoms with Gasteiger partial charge in [-0.15, -0.1) is 0 Å². The SMILES string of the molecule is COCC(C)(C(=O)N[C@@H](C(=O)NCC(F)F)C1CCC1)c1ccc2nc(CC(c3cccc(F)c3Cl)C(C)C)[nH]c2c1. The third kappa shape index (κ3) is 6.92. The van der Waals surface area contributed by atoms with E-state index < -0.39 is 42.1 Å². The number of hydrogen-bond donors (Lipinski definition) is 3. The lowest BCUT2D eigenvalue weighted by atomic mass is 9.77. The fraction of sp³-hybridized carbons (Fsp3) is 0.516. The second-order valence-corrected chi connectivity index (χ2v) is 12.0. The first kappa shape index (κ1) is 31.8. The summed E-state index contributed by atoms with van der Waals surface area (Å²) in [5.41, 5.74) is 1.57. The van der Waals surface area contributed by atoms with Crippen molar-refractivity contribution in [1.29, 1.82) is 0 Å². The van der Waals surface area contributed by atoms with Crippen molar-refractivity contribution in [2.24, 2.45) is 11.8 Å². The van der Waals surface area contributed by atoms with Gasteiger partial charge in [0.25, 0.3) is 6.43 Å². The largest absolute Gasteiger partial charge is 0.383 e. The Labute approximate surface area is 248 Å². The number of fused-ring (bicyclic) bond motifs is 1. The highest BCUT2D eigenvalue weighted by Gasteiger charge is 2.41. The number of imidazole rings is 1. The average Bonchev–Trinajstić information content (AvgIpc) is 3.32. The Morgan fingerprint density at radius 1 is 1.21 bits per heavy atom. The first-order chi connectivity index (χ1) is 19.9.